The van der Waals surface area contributed by atoms with E-state index in [-0.39, 0.29) is 0 Å². The molecule has 1 rings (SSSR count). The molecule has 0 amide bonds. The third-order valence-electron chi connectivity index (χ3n) is 3.48. The number of hydrogen-bond acceptors (Lipinski definition) is 2. The second kappa shape index (κ2) is 7.99. The van der Waals surface area contributed by atoms with Crippen molar-refractivity contribution in [2.45, 2.75) is 46.6 Å². The van der Waals surface area contributed by atoms with Gasteiger partial charge in [0.1, 0.15) is 4.99 Å². The van der Waals surface area contributed by atoms with Gasteiger partial charge in [-0.2, -0.15) is 0 Å². The summed E-state index contributed by atoms with van der Waals surface area (Å²) in [6.07, 6.45) is 2.24. The van der Waals surface area contributed by atoms with Crippen LogP contribution in [0.15, 0.2) is 22.7 Å². The molecule has 0 saturated carbocycles. The summed E-state index contributed by atoms with van der Waals surface area (Å²) in [6, 6.07) is 6.66. The van der Waals surface area contributed by atoms with Crippen LogP contribution < -0.4 is 10.6 Å². The zero-order valence-electron chi connectivity index (χ0n) is 12.8. The molecule has 0 aliphatic carbocycles. The molecule has 0 atom stereocenters. The fourth-order valence-corrected chi connectivity index (χ4v) is 3.04. The Labute approximate surface area is 136 Å². The summed E-state index contributed by atoms with van der Waals surface area (Å²) < 4.78 is 1.06. The molecule has 0 fully saturated rings. The SMILES string of the molecule is CCC(CC)N(CC(C)C)c1cc(Br)ccc1C(N)=S. The second-order valence-electron chi connectivity index (χ2n) is 5.54. The Hall–Kier alpha value is -0.610. The zero-order chi connectivity index (χ0) is 15.3. The lowest BCUT2D eigenvalue weighted by atomic mass is 10.0. The first kappa shape index (κ1) is 17.4. The molecule has 0 aliphatic rings. The van der Waals surface area contributed by atoms with Gasteiger partial charge in [-0.3, -0.25) is 0 Å². The highest BCUT2D eigenvalue weighted by molar-refractivity contribution is 9.10. The van der Waals surface area contributed by atoms with Crippen LogP contribution in [0.2, 0.25) is 0 Å². The van der Waals surface area contributed by atoms with Crippen LogP contribution >= 0.6 is 28.1 Å². The van der Waals surface area contributed by atoms with Gasteiger partial charge in [-0.1, -0.05) is 55.8 Å². The molecule has 112 valence electrons. The molecule has 0 unspecified atom stereocenters. The molecule has 0 heterocycles. The molecular formula is C16H25BrN2S. The van der Waals surface area contributed by atoms with Crippen molar-refractivity contribution in [3.63, 3.8) is 0 Å². The molecule has 0 aliphatic heterocycles. The van der Waals surface area contributed by atoms with Crippen molar-refractivity contribution in [3.8, 4) is 0 Å². The molecule has 1 aromatic rings. The van der Waals surface area contributed by atoms with E-state index >= 15 is 0 Å². The third kappa shape index (κ3) is 4.45. The number of nitrogens with zero attached hydrogens (tertiary/aromatic N) is 1. The highest BCUT2D eigenvalue weighted by Gasteiger charge is 2.20. The minimum absolute atomic E-state index is 0.465. The Morgan fingerprint density at radius 3 is 2.35 bits per heavy atom. The topological polar surface area (TPSA) is 29.3 Å². The Morgan fingerprint density at radius 2 is 1.90 bits per heavy atom. The molecule has 2 N–H and O–H groups in total. The van der Waals surface area contributed by atoms with E-state index in [9.17, 15) is 0 Å². The Bertz CT molecular complexity index is 456. The van der Waals surface area contributed by atoms with E-state index in [4.69, 9.17) is 18.0 Å². The van der Waals surface area contributed by atoms with Gasteiger partial charge < -0.3 is 10.6 Å². The summed E-state index contributed by atoms with van der Waals surface area (Å²) >= 11 is 8.78. The number of benzene rings is 1. The summed E-state index contributed by atoms with van der Waals surface area (Å²) in [4.78, 5) is 2.93. The molecule has 2 nitrogen and oxygen atoms in total. The number of rotatable bonds is 7. The molecule has 0 aromatic heterocycles. The van der Waals surface area contributed by atoms with E-state index in [1.54, 1.807) is 0 Å². The lowest BCUT2D eigenvalue weighted by Crippen LogP contribution is -2.38. The highest BCUT2D eigenvalue weighted by Crippen LogP contribution is 2.29. The summed E-state index contributed by atoms with van der Waals surface area (Å²) in [6.45, 7) is 9.97. The highest BCUT2D eigenvalue weighted by atomic mass is 79.9. The van der Waals surface area contributed by atoms with Gasteiger partial charge in [-0.05, 0) is 37.0 Å². The maximum atomic E-state index is 5.91. The molecule has 0 saturated heterocycles. The number of thiocarbonyl (C=S) groups is 1. The van der Waals surface area contributed by atoms with Crippen LogP contribution in [0.4, 0.5) is 5.69 Å². The van der Waals surface area contributed by atoms with Crippen LogP contribution in [0, 0.1) is 5.92 Å². The van der Waals surface area contributed by atoms with E-state index in [1.165, 1.54) is 0 Å². The van der Waals surface area contributed by atoms with Crippen molar-refractivity contribution < 1.29 is 0 Å². The van der Waals surface area contributed by atoms with Crippen LogP contribution in [0.5, 0.6) is 0 Å². The summed E-state index contributed by atoms with van der Waals surface area (Å²) in [5, 5.41) is 0. The van der Waals surface area contributed by atoms with E-state index in [0.717, 1.165) is 35.1 Å². The van der Waals surface area contributed by atoms with Crippen molar-refractivity contribution in [1.82, 2.24) is 0 Å². The molecular weight excluding hydrogens is 332 g/mol. The molecule has 0 bridgehead atoms. The van der Waals surface area contributed by atoms with E-state index in [1.807, 2.05) is 12.1 Å². The molecule has 1 aromatic carbocycles. The lowest BCUT2D eigenvalue weighted by Gasteiger charge is -2.35. The van der Waals surface area contributed by atoms with Gasteiger partial charge in [-0.15, -0.1) is 0 Å². The fraction of sp³-hybridized carbons (Fsp3) is 0.562. The van der Waals surface area contributed by atoms with Crippen molar-refractivity contribution >= 4 is 38.8 Å². The van der Waals surface area contributed by atoms with Crippen molar-refractivity contribution in [1.29, 1.82) is 0 Å². The van der Waals surface area contributed by atoms with Crippen LogP contribution in [0.1, 0.15) is 46.1 Å². The van der Waals surface area contributed by atoms with E-state index < -0.39 is 0 Å². The first-order chi connectivity index (χ1) is 9.40. The Kier molecular flexibility index (Phi) is 6.96. The molecule has 4 heteroatoms. The second-order valence-corrected chi connectivity index (χ2v) is 6.90. The van der Waals surface area contributed by atoms with Gasteiger partial charge in [0, 0.05) is 28.3 Å². The first-order valence-electron chi connectivity index (χ1n) is 7.26. The summed E-state index contributed by atoms with van der Waals surface area (Å²) in [5.41, 5.74) is 8.02. The average Bonchev–Trinajstić information content (AvgIpc) is 2.38. The minimum atomic E-state index is 0.465. The van der Waals surface area contributed by atoms with Gasteiger partial charge in [0.2, 0.25) is 0 Å². The fourth-order valence-electron chi connectivity index (χ4n) is 2.52. The monoisotopic (exact) mass is 356 g/mol. The third-order valence-corrected chi connectivity index (χ3v) is 4.19. The van der Waals surface area contributed by atoms with Crippen molar-refractivity contribution in [2.24, 2.45) is 11.7 Å². The Morgan fingerprint density at radius 1 is 1.30 bits per heavy atom. The maximum Gasteiger partial charge on any atom is 0.106 e. The predicted molar refractivity (Wildman–Crippen MR) is 96.6 cm³/mol. The van der Waals surface area contributed by atoms with Gasteiger partial charge in [-0.25, -0.2) is 0 Å². The Balaban J connectivity index is 3.31. The average molecular weight is 357 g/mol. The zero-order valence-corrected chi connectivity index (χ0v) is 15.2. The number of halogens is 1. The molecule has 20 heavy (non-hydrogen) atoms. The normalized spacial score (nSPS) is 11.2. The van der Waals surface area contributed by atoms with Gasteiger partial charge in [0.15, 0.2) is 0 Å². The van der Waals surface area contributed by atoms with Crippen molar-refractivity contribution in [3.05, 3.63) is 28.2 Å². The van der Waals surface area contributed by atoms with E-state index in [0.29, 0.717) is 16.9 Å². The predicted octanol–water partition coefficient (Wildman–Crippen LogP) is 4.73. The van der Waals surface area contributed by atoms with Crippen LogP contribution in [-0.4, -0.2) is 17.6 Å². The van der Waals surface area contributed by atoms with Crippen LogP contribution in [-0.2, 0) is 0 Å². The van der Waals surface area contributed by atoms with Crippen LogP contribution in [0.3, 0.4) is 0 Å². The summed E-state index contributed by atoms with van der Waals surface area (Å²) in [7, 11) is 0. The molecule has 0 spiro atoms. The minimum Gasteiger partial charge on any atom is -0.389 e. The standard InChI is InChI=1S/C16H25BrN2S/c1-5-13(6-2)19(10-11(3)4)15-9-12(17)7-8-14(15)16(18)20/h7-9,11,13H,5-6,10H2,1-4H3,(H2,18,20). The quantitative estimate of drug-likeness (QED) is 0.715. The number of nitrogens with two attached hydrogens (primary N) is 1. The summed E-state index contributed by atoms with van der Waals surface area (Å²) in [5.74, 6) is 0.591. The van der Waals surface area contributed by atoms with Gasteiger partial charge in [0.05, 0.1) is 0 Å². The smallest absolute Gasteiger partial charge is 0.106 e. The van der Waals surface area contributed by atoms with Crippen molar-refractivity contribution in [2.75, 3.05) is 11.4 Å². The van der Waals surface area contributed by atoms with Gasteiger partial charge in [0.25, 0.3) is 0 Å². The lowest BCUT2D eigenvalue weighted by molar-refractivity contribution is 0.507. The largest absolute Gasteiger partial charge is 0.389 e. The maximum absolute atomic E-state index is 5.91. The number of anilines is 1. The number of hydrogen-bond donors (Lipinski definition) is 1. The molecule has 0 radical (unpaired) electrons. The van der Waals surface area contributed by atoms with E-state index in [2.05, 4.69) is 54.6 Å². The van der Waals surface area contributed by atoms with Gasteiger partial charge >= 0.3 is 0 Å². The first-order valence-corrected chi connectivity index (χ1v) is 8.46. The van der Waals surface area contributed by atoms with Crippen LogP contribution in [0.25, 0.3) is 0 Å².